The maximum atomic E-state index is 12.3. The molecular formula is C19H37NO5. The van der Waals surface area contributed by atoms with Crippen LogP contribution in [-0.2, 0) is 19.0 Å². The summed E-state index contributed by atoms with van der Waals surface area (Å²) in [5.41, 5.74) is -0.618. The number of alkyl carbamates (subject to hydrolysis) is 1. The molecule has 1 unspecified atom stereocenters. The van der Waals surface area contributed by atoms with E-state index in [1.807, 2.05) is 20.8 Å². The summed E-state index contributed by atoms with van der Waals surface area (Å²) in [5, 5.41) is 2.50. The van der Waals surface area contributed by atoms with E-state index in [1.54, 1.807) is 27.7 Å². The predicted octanol–water partition coefficient (Wildman–Crippen LogP) is 3.92. The van der Waals surface area contributed by atoms with Crippen LogP contribution in [0.4, 0.5) is 4.79 Å². The fourth-order valence-electron chi connectivity index (χ4n) is 2.14. The summed E-state index contributed by atoms with van der Waals surface area (Å²) in [4.78, 5) is 24.1. The average molecular weight is 360 g/mol. The van der Waals surface area contributed by atoms with E-state index in [1.165, 1.54) is 0 Å². The Morgan fingerprint density at radius 2 is 1.56 bits per heavy atom. The fourth-order valence-corrected chi connectivity index (χ4v) is 2.14. The maximum Gasteiger partial charge on any atom is 0.408 e. The van der Waals surface area contributed by atoms with Gasteiger partial charge >= 0.3 is 12.1 Å². The molecule has 6 nitrogen and oxygen atoms in total. The summed E-state index contributed by atoms with van der Waals surface area (Å²) in [6.07, 6.45) is -0.266. The molecule has 6 heteroatoms. The highest BCUT2D eigenvalue weighted by Gasteiger charge is 2.29. The number of esters is 1. The van der Waals surface area contributed by atoms with Gasteiger partial charge in [-0.15, -0.1) is 0 Å². The van der Waals surface area contributed by atoms with Gasteiger partial charge in [-0.3, -0.25) is 0 Å². The van der Waals surface area contributed by atoms with Crippen LogP contribution in [0.2, 0.25) is 0 Å². The minimum Gasteiger partial charge on any atom is -0.458 e. The number of nitrogens with one attached hydrogen (secondary N) is 1. The normalized spacial score (nSPS) is 15.6. The van der Waals surface area contributed by atoms with Gasteiger partial charge in [0.25, 0.3) is 0 Å². The minimum atomic E-state index is -0.793. The molecule has 0 rings (SSSR count). The molecule has 0 aromatic rings. The van der Waals surface area contributed by atoms with Gasteiger partial charge in [-0.05, 0) is 52.9 Å². The zero-order valence-electron chi connectivity index (χ0n) is 17.3. The molecule has 0 aromatic carbocycles. The summed E-state index contributed by atoms with van der Waals surface area (Å²) in [6, 6.07) is -0.793. The molecule has 25 heavy (non-hydrogen) atoms. The van der Waals surface area contributed by atoms with Crippen molar-refractivity contribution in [1.82, 2.24) is 5.32 Å². The van der Waals surface area contributed by atoms with Gasteiger partial charge in [0.1, 0.15) is 17.7 Å². The van der Waals surface area contributed by atoms with Gasteiger partial charge in [0.2, 0.25) is 0 Å². The third kappa shape index (κ3) is 11.0. The third-order valence-corrected chi connectivity index (χ3v) is 3.53. The van der Waals surface area contributed by atoms with Crippen molar-refractivity contribution in [2.24, 2.45) is 11.8 Å². The van der Waals surface area contributed by atoms with Crippen molar-refractivity contribution in [2.75, 3.05) is 6.61 Å². The van der Waals surface area contributed by atoms with Crippen molar-refractivity contribution in [2.45, 2.75) is 92.6 Å². The molecule has 1 N–H and O–H groups in total. The highest BCUT2D eigenvalue weighted by atomic mass is 16.6. The van der Waals surface area contributed by atoms with E-state index >= 15 is 0 Å². The Labute approximate surface area is 153 Å². The molecule has 148 valence electrons. The van der Waals surface area contributed by atoms with Crippen LogP contribution < -0.4 is 5.32 Å². The smallest absolute Gasteiger partial charge is 0.408 e. The van der Waals surface area contributed by atoms with Gasteiger partial charge in [-0.2, -0.15) is 0 Å². The van der Waals surface area contributed by atoms with Crippen molar-refractivity contribution in [3.8, 4) is 0 Å². The van der Waals surface area contributed by atoms with Gasteiger partial charge in [0, 0.05) is 6.61 Å². The Balaban J connectivity index is 4.59. The number of rotatable bonds is 9. The Kier molecular flexibility index (Phi) is 10.1. The largest absolute Gasteiger partial charge is 0.458 e. The third-order valence-electron chi connectivity index (χ3n) is 3.53. The van der Waals surface area contributed by atoms with Gasteiger partial charge in [-0.1, -0.05) is 27.7 Å². The quantitative estimate of drug-likeness (QED) is 0.632. The first-order valence-electron chi connectivity index (χ1n) is 9.15. The van der Waals surface area contributed by atoms with Crippen LogP contribution in [0.1, 0.15) is 68.7 Å². The second-order valence-electron chi connectivity index (χ2n) is 8.27. The van der Waals surface area contributed by atoms with E-state index < -0.39 is 23.7 Å². The van der Waals surface area contributed by atoms with Crippen LogP contribution in [0.3, 0.4) is 0 Å². The maximum absolute atomic E-state index is 12.3. The second-order valence-corrected chi connectivity index (χ2v) is 8.27. The SMILES string of the molecule is CC(C)CCO[C@@H](C)C(OC(=O)[C@H](C)NC(=O)OC(C)(C)C)C(C)C. The average Bonchev–Trinajstić information content (AvgIpc) is 2.40. The van der Waals surface area contributed by atoms with Crippen LogP contribution in [-0.4, -0.2) is 42.5 Å². The van der Waals surface area contributed by atoms with E-state index in [-0.39, 0.29) is 18.1 Å². The molecule has 0 heterocycles. The lowest BCUT2D eigenvalue weighted by Gasteiger charge is -2.29. The van der Waals surface area contributed by atoms with Gasteiger partial charge in [-0.25, -0.2) is 9.59 Å². The zero-order chi connectivity index (χ0) is 19.8. The number of hydrogen-bond donors (Lipinski definition) is 1. The number of ether oxygens (including phenoxy) is 3. The predicted molar refractivity (Wildman–Crippen MR) is 98.4 cm³/mol. The fraction of sp³-hybridized carbons (Fsp3) is 0.895. The van der Waals surface area contributed by atoms with E-state index in [9.17, 15) is 9.59 Å². The van der Waals surface area contributed by atoms with Crippen molar-refractivity contribution < 1.29 is 23.8 Å². The first kappa shape index (κ1) is 23.7. The van der Waals surface area contributed by atoms with Crippen molar-refractivity contribution in [3.05, 3.63) is 0 Å². The number of hydrogen-bond acceptors (Lipinski definition) is 5. The summed E-state index contributed by atoms with van der Waals surface area (Å²) >= 11 is 0. The molecule has 0 radical (unpaired) electrons. The Hall–Kier alpha value is -1.30. The first-order chi connectivity index (χ1) is 11.3. The molecule has 0 bridgehead atoms. The molecule has 0 saturated carbocycles. The minimum absolute atomic E-state index is 0.103. The topological polar surface area (TPSA) is 73.9 Å². The van der Waals surface area contributed by atoms with E-state index in [4.69, 9.17) is 14.2 Å². The Morgan fingerprint density at radius 3 is 2.00 bits per heavy atom. The van der Waals surface area contributed by atoms with Gasteiger partial charge in [0.05, 0.1) is 6.10 Å². The summed E-state index contributed by atoms with van der Waals surface area (Å²) < 4.78 is 16.6. The first-order valence-corrected chi connectivity index (χ1v) is 9.15. The van der Waals surface area contributed by atoms with Crippen molar-refractivity contribution >= 4 is 12.1 Å². The number of carbonyl (C=O) groups excluding carboxylic acids is 2. The van der Waals surface area contributed by atoms with Gasteiger partial charge < -0.3 is 19.5 Å². The molecule has 0 aromatic heterocycles. The zero-order valence-corrected chi connectivity index (χ0v) is 17.3. The summed E-state index contributed by atoms with van der Waals surface area (Å²) in [5.74, 6) is 0.167. The lowest BCUT2D eigenvalue weighted by molar-refractivity contribution is -0.163. The van der Waals surface area contributed by atoms with Crippen molar-refractivity contribution in [3.63, 3.8) is 0 Å². The summed E-state index contributed by atoms with van der Waals surface area (Å²) in [6.45, 7) is 17.6. The molecule has 0 saturated heterocycles. The van der Waals surface area contributed by atoms with Crippen LogP contribution in [0, 0.1) is 11.8 Å². The van der Waals surface area contributed by atoms with Crippen molar-refractivity contribution in [1.29, 1.82) is 0 Å². The molecule has 0 aliphatic heterocycles. The highest BCUT2D eigenvalue weighted by molar-refractivity contribution is 5.81. The molecule has 0 spiro atoms. The van der Waals surface area contributed by atoms with E-state index in [2.05, 4.69) is 19.2 Å². The number of amides is 1. The highest BCUT2D eigenvalue weighted by Crippen LogP contribution is 2.16. The van der Waals surface area contributed by atoms with Crippen LogP contribution in [0.25, 0.3) is 0 Å². The van der Waals surface area contributed by atoms with Crippen LogP contribution in [0.5, 0.6) is 0 Å². The Morgan fingerprint density at radius 1 is 1.00 bits per heavy atom. The molecular weight excluding hydrogens is 322 g/mol. The summed E-state index contributed by atoms with van der Waals surface area (Å²) in [7, 11) is 0. The standard InChI is InChI=1S/C19H37NO5/c1-12(2)10-11-23-15(6)16(13(3)4)24-17(21)14(5)20-18(22)25-19(7,8)9/h12-16H,10-11H2,1-9H3,(H,20,22)/t14-,15-,16?/m0/s1. The molecule has 0 aliphatic carbocycles. The lowest BCUT2D eigenvalue weighted by atomic mass is 10.0. The van der Waals surface area contributed by atoms with E-state index in [0.717, 1.165) is 6.42 Å². The second kappa shape index (κ2) is 10.6. The van der Waals surface area contributed by atoms with Crippen LogP contribution >= 0.6 is 0 Å². The number of carbonyl (C=O) groups is 2. The molecule has 3 atom stereocenters. The van der Waals surface area contributed by atoms with Gasteiger partial charge in [0.15, 0.2) is 0 Å². The van der Waals surface area contributed by atoms with E-state index in [0.29, 0.717) is 12.5 Å². The molecule has 1 amide bonds. The van der Waals surface area contributed by atoms with Crippen LogP contribution in [0.15, 0.2) is 0 Å². The molecule has 0 fully saturated rings. The molecule has 0 aliphatic rings. The monoisotopic (exact) mass is 359 g/mol. The lowest BCUT2D eigenvalue weighted by Crippen LogP contribution is -2.45. The Bertz CT molecular complexity index is 415.